The number of nitrogens with one attached hydrogen (secondary N) is 1. The number of hydrogen-bond acceptors (Lipinski definition) is 2. The lowest BCUT2D eigenvalue weighted by Crippen LogP contribution is -2.43. The van der Waals surface area contributed by atoms with Gasteiger partial charge in [-0.1, -0.05) is 24.3 Å². The van der Waals surface area contributed by atoms with Gasteiger partial charge in [0.05, 0.1) is 0 Å². The largest absolute Gasteiger partial charge is 0.315 e. The van der Waals surface area contributed by atoms with Crippen LogP contribution in [0.2, 0.25) is 0 Å². The van der Waals surface area contributed by atoms with Gasteiger partial charge in [-0.3, -0.25) is 4.90 Å². The van der Waals surface area contributed by atoms with E-state index in [2.05, 4.69) is 22.4 Å². The fraction of sp³-hybridized carbons (Fsp3) is 0.500. The number of hydrogen-bond donors (Lipinski definition) is 1. The van der Waals surface area contributed by atoms with Gasteiger partial charge in [0.1, 0.15) is 5.82 Å². The second kappa shape index (κ2) is 8.74. The van der Waals surface area contributed by atoms with Crippen LogP contribution in [-0.2, 0) is 0 Å². The molecule has 1 N–H and O–H groups in total. The van der Waals surface area contributed by atoms with E-state index in [-0.39, 0.29) is 30.6 Å². The van der Waals surface area contributed by atoms with Crippen molar-refractivity contribution in [3.8, 4) is 0 Å². The van der Waals surface area contributed by atoms with Gasteiger partial charge in [0, 0.05) is 25.7 Å². The molecule has 0 unspecified atom stereocenters. The van der Waals surface area contributed by atoms with Crippen molar-refractivity contribution in [2.45, 2.75) is 18.9 Å². The molecule has 3 aliphatic rings. The van der Waals surface area contributed by atoms with Gasteiger partial charge in [-0.05, 0) is 43.0 Å². The Morgan fingerprint density at radius 1 is 1.14 bits per heavy atom. The van der Waals surface area contributed by atoms with Crippen molar-refractivity contribution in [1.82, 2.24) is 10.2 Å². The lowest BCUT2D eigenvalue weighted by atomic mass is 9.95. The number of piperidine rings is 1. The van der Waals surface area contributed by atoms with Crippen LogP contribution in [0.3, 0.4) is 0 Å². The minimum absolute atomic E-state index is 0. The summed E-state index contributed by atoms with van der Waals surface area (Å²) in [5.74, 6) is 0.644. The number of nitrogens with zero attached hydrogens (tertiary/aromatic N) is 1. The first kappa shape index (κ1) is 18.4. The van der Waals surface area contributed by atoms with E-state index in [9.17, 15) is 4.39 Å². The summed E-state index contributed by atoms with van der Waals surface area (Å²) in [5, 5.41) is 3.55. The van der Waals surface area contributed by atoms with Gasteiger partial charge in [0.25, 0.3) is 0 Å². The molecule has 2 nitrogen and oxygen atoms in total. The molecule has 3 fully saturated rings. The second-order valence-corrected chi connectivity index (χ2v) is 5.66. The third-order valence-corrected chi connectivity index (χ3v) is 4.25. The number of rotatable bonds is 3. The third kappa shape index (κ3) is 4.96. The van der Waals surface area contributed by atoms with Crippen molar-refractivity contribution < 1.29 is 4.39 Å². The minimum Gasteiger partial charge on any atom is -0.315 e. The maximum Gasteiger partial charge on any atom is 0.123 e. The molecule has 3 heterocycles. The molecule has 4 rings (SSSR count). The van der Waals surface area contributed by atoms with Crippen LogP contribution in [0.15, 0.2) is 30.3 Å². The van der Waals surface area contributed by atoms with E-state index < -0.39 is 0 Å². The average molecular weight is 333 g/mol. The Morgan fingerprint density at radius 2 is 1.90 bits per heavy atom. The smallest absolute Gasteiger partial charge is 0.123 e. The van der Waals surface area contributed by atoms with Crippen LogP contribution in [0.25, 0.3) is 6.08 Å². The van der Waals surface area contributed by atoms with E-state index in [4.69, 9.17) is 0 Å². The molecule has 0 spiro atoms. The van der Waals surface area contributed by atoms with Crippen molar-refractivity contribution in [1.29, 1.82) is 0 Å². The normalized spacial score (nSPS) is 25.2. The Kier molecular flexibility index (Phi) is 7.67. The van der Waals surface area contributed by atoms with Crippen molar-refractivity contribution in [2.24, 2.45) is 5.92 Å². The van der Waals surface area contributed by atoms with Crippen LogP contribution in [0.1, 0.15) is 18.4 Å². The Morgan fingerprint density at radius 3 is 2.67 bits per heavy atom. The molecule has 2 bridgehead atoms. The van der Waals surface area contributed by atoms with E-state index in [1.807, 2.05) is 12.1 Å². The fourth-order valence-electron chi connectivity index (χ4n) is 3.16. The van der Waals surface area contributed by atoms with Crippen molar-refractivity contribution in [3.63, 3.8) is 0 Å². The van der Waals surface area contributed by atoms with Crippen LogP contribution in [0.5, 0.6) is 0 Å². The molecule has 21 heavy (non-hydrogen) atoms. The summed E-state index contributed by atoms with van der Waals surface area (Å²) < 4.78 is 12.8. The zero-order valence-corrected chi connectivity index (χ0v) is 13.6. The number of halogens is 3. The zero-order chi connectivity index (χ0) is 13.1. The first-order valence-electron chi connectivity index (χ1n) is 7.18. The van der Waals surface area contributed by atoms with Crippen LogP contribution in [0.4, 0.5) is 4.39 Å². The summed E-state index contributed by atoms with van der Waals surface area (Å²) in [6, 6.07) is 7.36. The molecule has 1 aromatic carbocycles. The van der Waals surface area contributed by atoms with E-state index in [0.717, 1.165) is 24.6 Å². The highest BCUT2D eigenvalue weighted by atomic mass is 35.5. The highest BCUT2D eigenvalue weighted by Gasteiger charge is 2.30. The van der Waals surface area contributed by atoms with Gasteiger partial charge in [-0.2, -0.15) is 0 Å². The van der Waals surface area contributed by atoms with Crippen molar-refractivity contribution >= 4 is 30.9 Å². The average Bonchev–Trinajstić information content (AvgIpc) is 2.76. The molecular weight excluding hydrogens is 310 g/mol. The summed E-state index contributed by atoms with van der Waals surface area (Å²) in [5.41, 5.74) is 1.07. The van der Waals surface area contributed by atoms with Crippen LogP contribution < -0.4 is 5.32 Å². The first-order chi connectivity index (χ1) is 9.31. The molecular formula is C16H23Cl2FN2. The SMILES string of the molecule is Cl.Cl.Fc1ccc(C=CCN2C[C@@H]3CC[C@H]2CNC3)cc1. The molecule has 0 aromatic heterocycles. The van der Waals surface area contributed by atoms with E-state index in [1.54, 1.807) is 0 Å². The fourth-order valence-corrected chi connectivity index (χ4v) is 3.16. The summed E-state index contributed by atoms with van der Waals surface area (Å²) >= 11 is 0. The molecule has 3 saturated heterocycles. The monoisotopic (exact) mass is 332 g/mol. The zero-order valence-electron chi connectivity index (χ0n) is 12.0. The summed E-state index contributed by atoms with van der Waals surface area (Å²) in [7, 11) is 0. The first-order valence-corrected chi connectivity index (χ1v) is 7.18. The van der Waals surface area contributed by atoms with Gasteiger partial charge in [0.2, 0.25) is 0 Å². The van der Waals surface area contributed by atoms with Crippen molar-refractivity contribution in [3.05, 3.63) is 41.7 Å². The lowest BCUT2D eigenvalue weighted by Gasteiger charge is -2.35. The molecule has 0 amide bonds. The minimum atomic E-state index is -0.173. The summed E-state index contributed by atoms with van der Waals surface area (Å²) in [6.45, 7) is 4.52. The predicted octanol–water partition coefficient (Wildman–Crippen LogP) is 3.37. The maximum absolute atomic E-state index is 12.8. The molecule has 0 aliphatic carbocycles. The van der Waals surface area contributed by atoms with Gasteiger partial charge in [-0.15, -0.1) is 24.8 Å². The quantitative estimate of drug-likeness (QED) is 0.912. The van der Waals surface area contributed by atoms with Crippen molar-refractivity contribution in [2.75, 3.05) is 26.2 Å². The molecule has 5 heteroatoms. The summed E-state index contributed by atoms with van der Waals surface area (Å²) in [4.78, 5) is 2.58. The third-order valence-electron chi connectivity index (χ3n) is 4.25. The van der Waals surface area contributed by atoms with Gasteiger partial charge < -0.3 is 5.32 Å². The Hall–Kier alpha value is -0.610. The molecule has 3 aliphatic heterocycles. The van der Waals surface area contributed by atoms with E-state index >= 15 is 0 Å². The molecule has 2 atom stereocenters. The molecule has 1 aromatic rings. The van der Waals surface area contributed by atoms with Gasteiger partial charge in [0.15, 0.2) is 0 Å². The van der Waals surface area contributed by atoms with Gasteiger partial charge >= 0.3 is 0 Å². The molecule has 0 radical (unpaired) electrons. The Balaban J connectivity index is 0.00000110. The highest BCUT2D eigenvalue weighted by molar-refractivity contribution is 5.85. The molecule has 0 saturated carbocycles. The van der Waals surface area contributed by atoms with Crippen LogP contribution in [0, 0.1) is 11.7 Å². The lowest BCUT2D eigenvalue weighted by molar-refractivity contribution is 0.150. The Labute approximate surface area is 138 Å². The molecule has 118 valence electrons. The van der Waals surface area contributed by atoms with E-state index in [1.165, 1.54) is 38.1 Å². The second-order valence-electron chi connectivity index (χ2n) is 5.66. The standard InChI is InChI=1S/C16H21FN2.2ClH/c17-15-6-3-13(4-7-15)2-1-9-19-12-14-5-8-16(19)11-18-10-14;;/h1-4,6-7,14,16,18H,5,8-12H2;2*1H/t14-,16+;;/m1../s1. The topological polar surface area (TPSA) is 15.3 Å². The highest BCUT2D eigenvalue weighted by Crippen LogP contribution is 2.24. The number of fused-ring (bicyclic) bond motifs is 4. The summed E-state index contributed by atoms with van der Waals surface area (Å²) in [6.07, 6.45) is 6.98. The van der Waals surface area contributed by atoms with E-state index in [0.29, 0.717) is 6.04 Å². The maximum atomic E-state index is 12.8. The predicted molar refractivity (Wildman–Crippen MR) is 90.9 cm³/mol. The number of benzene rings is 1. The van der Waals surface area contributed by atoms with Crippen LogP contribution in [-0.4, -0.2) is 37.1 Å². The Bertz CT molecular complexity index is 446. The van der Waals surface area contributed by atoms with Gasteiger partial charge in [-0.25, -0.2) is 4.39 Å². The van der Waals surface area contributed by atoms with Crippen LogP contribution >= 0.6 is 24.8 Å².